The maximum atomic E-state index is 12.9. The van der Waals surface area contributed by atoms with E-state index in [1.54, 1.807) is 23.9 Å². The zero-order valence-electron chi connectivity index (χ0n) is 13.0. The van der Waals surface area contributed by atoms with Crippen molar-refractivity contribution in [1.29, 1.82) is 0 Å². The maximum Gasteiger partial charge on any atom is 0.232 e. The highest BCUT2D eigenvalue weighted by atomic mass is 32.2. The molecule has 1 unspecified atom stereocenters. The molecule has 2 rings (SSSR count). The fraction of sp³-hybridized carbons (Fsp3) is 0.588. The van der Waals surface area contributed by atoms with E-state index in [1.807, 2.05) is 4.90 Å². The summed E-state index contributed by atoms with van der Waals surface area (Å²) in [4.78, 5) is 14.0. The minimum atomic E-state index is -0.577. The molecule has 0 bridgehead atoms. The summed E-state index contributed by atoms with van der Waals surface area (Å²) < 4.78 is 12.9. The molecule has 1 heterocycles. The fourth-order valence-electron chi connectivity index (χ4n) is 2.79. The van der Waals surface area contributed by atoms with Gasteiger partial charge in [-0.2, -0.15) is 11.8 Å². The van der Waals surface area contributed by atoms with Crippen LogP contribution in [-0.2, 0) is 4.79 Å². The van der Waals surface area contributed by atoms with Crippen LogP contribution in [0.2, 0.25) is 0 Å². The Morgan fingerprint density at radius 3 is 2.59 bits per heavy atom. The molecule has 0 saturated carbocycles. The first-order valence-corrected chi connectivity index (χ1v) is 9.06. The van der Waals surface area contributed by atoms with Gasteiger partial charge in [0, 0.05) is 13.1 Å². The number of likely N-dealkylation sites (tertiary alicyclic amines) is 1. The number of halogens is 1. The van der Waals surface area contributed by atoms with Crippen molar-refractivity contribution in [3.8, 4) is 0 Å². The molecule has 1 atom stereocenters. The molecular weight excluding hydrogens is 301 g/mol. The number of piperidine rings is 1. The van der Waals surface area contributed by atoms with Crippen molar-refractivity contribution in [2.75, 3.05) is 24.6 Å². The zero-order valence-corrected chi connectivity index (χ0v) is 13.8. The van der Waals surface area contributed by atoms with E-state index in [2.05, 4.69) is 6.92 Å². The number of nitrogens with zero attached hydrogens (tertiary/aromatic N) is 1. The molecule has 0 aromatic heterocycles. The van der Waals surface area contributed by atoms with E-state index >= 15 is 0 Å². The monoisotopic (exact) mass is 325 g/mol. The lowest BCUT2D eigenvalue weighted by Gasteiger charge is -2.34. The van der Waals surface area contributed by atoms with Crippen molar-refractivity contribution >= 4 is 17.7 Å². The van der Waals surface area contributed by atoms with Crippen LogP contribution >= 0.6 is 11.8 Å². The van der Waals surface area contributed by atoms with E-state index < -0.39 is 6.10 Å². The summed E-state index contributed by atoms with van der Waals surface area (Å²) >= 11 is 1.68. The van der Waals surface area contributed by atoms with E-state index in [-0.39, 0.29) is 17.6 Å². The third-order valence-electron chi connectivity index (χ3n) is 4.12. The van der Waals surface area contributed by atoms with E-state index in [4.69, 9.17) is 0 Å². The number of carbonyl (C=O) groups excluding carboxylic acids is 1. The summed E-state index contributed by atoms with van der Waals surface area (Å²) in [5.41, 5.74) is 0.754. The lowest BCUT2D eigenvalue weighted by atomic mass is 9.87. The van der Waals surface area contributed by atoms with Gasteiger partial charge in [0.2, 0.25) is 5.91 Å². The largest absolute Gasteiger partial charge is 0.388 e. The number of hydrogen-bond donors (Lipinski definition) is 1. The molecule has 3 nitrogen and oxygen atoms in total. The summed E-state index contributed by atoms with van der Waals surface area (Å²) in [5.74, 6) is 1.62. The number of carbonyl (C=O) groups is 1. The van der Waals surface area contributed by atoms with Gasteiger partial charge in [-0.05, 0) is 48.6 Å². The molecule has 1 aromatic carbocycles. The summed E-state index contributed by atoms with van der Waals surface area (Å²) in [6.07, 6.45) is 2.10. The molecule has 1 N–H and O–H groups in total. The predicted octanol–water partition coefficient (Wildman–Crippen LogP) is 3.24. The minimum absolute atomic E-state index is 0.137. The number of benzene rings is 1. The highest BCUT2D eigenvalue weighted by Gasteiger charge is 2.28. The van der Waals surface area contributed by atoms with Crippen LogP contribution in [0.5, 0.6) is 0 Å². The summed E-state index contributed by atoms with van der Waals surface area (Å²) in [6.45, 7) is 3.52. The first-order chi connectivity index (χ1) is 10.6. The molecule has 1 aromatic rings. The number of rotatable bonds is 6. The Balaban J connectivity index is 1.81. The molecule has 1 aliphatic heterocycles. The van der Waals surface area contributed by atoms with Crippen LogP contribution in [0, 0.1) is 11.7 Å². The molecule has 22 heavy (non-hydrogen) atoms. The molecule has 1 aliphatic rings. The zero-order chi connectivity index (χ0) is 15.9. The lowest BCUT2D eigenvalue weighted by Crippen LogP contribution is -2.40. The van der Waals surface area contributed by atoms with Crippen molar-refractivity contribution < 1.29 is 14.3 Å². The van der Waals surface area contributed by atoms with Crippen LogP contribution in [0.1, 0.15) is 37.9 Å². The van der Waals surface area contributed by atoms with Crippen molar-refractivity contribution in [2.24, 2.45) is 5.92 Å². The quantitative estimate of drug-likeness (QED) is 0.816. The third kappa shape index (κ3) is 4.71. The van der Waals surface area contributed by atoms with Gasteiger partial charge in [0.1, 0.15) is 5.82 Å². The van der Waals surface area contributed by atoms with Gasteiger partial charge in [-0.1, -0.05) is 19.1 Å². The maximum absolute atomic E-state index is 12.9. The van der Waals surface area contributed by atoms with Crippen LogP contribution < -0.4 is 0 Å². The molecule has 1 saturated heterocycles. The predicted molar refractivity (Wildman–Crippen MR) is 88.3 cm³/mol. The van der Waals surface area contributed by atoms with Gasteiger partial charge in [-0.15, -0.1) is 0 Å². The Labute approximate surface area is 135 Å². The smallest absolute Gasteiger partial charge is 0.232 e. The third-order valence-corrected chi connectivity index (χ3v) is 5.27. The highest BCUT2D eigenvalue weighted by molar-refractivity contribution is 7.99. The molecule has 5 heteroatoms. The van der Waals surface area contributed by atoms with Crippen molar-refractivity contribution in [3.63, 3.8) is 0 Å². The van der Waals surface area contributed by atoms with E-state index in [0.717, 1.165) is 30.6 Å². The second-order valence-electron chi connectivity index (χ2n) is 5.77. The second-order valence-corrected chi connectivity index (χ2v) is 6.87. The molecular formula is C17H24FNO2S. The van der Waals surface area contributed by atoms with E-state index in [9.17, 15) is 14.3 Å². The topological polar surface area (TPSA) is 40.5 Å². The second kappa shape index (κ2) is 8.53. The Morgan fingerprint density at radius 1 is 1.36 bits per heavy atom. The Morgan fingerprint density at radius 2 is 2.00 bits per heavy atom. The Bertz CT molecular complexity index is 472. The van der Waals surface area contributed by atoms with Crippen molar-refractivity contribution in [3.05, 3.63) is 35.6 Å². The summed E-state index contributed by atoms with van der Waals surface area (Å²) in [5, 5.41) is 10.4. The van der Waals surface area contributed by atoms with Gasteiger partial charge in [0.25, 0.3) is 0 Å². The van der Waals surface area contributed by atoms with Crippen LogP contribution in [0.3, 0.4) is 0 Å². The van der Waals surface area contributed by atoms with Gasteiger partial charge in [-0.3, -0.25) is 4.79 Å². The molecule has 0 aliphatic carbocycles. The van der Waals surface area contributed by atoms with E-state index in [0.29, 0.717) is 18.8 Å². The molecule has 122 valence electrons. The lowest BCUT2D eigenvalue weighted by molar-refractivity contribution is -0.130. The standard InChI is InChI=1S/C17H24FNO2S/c1-2-11-22-12-16(20)19-9-7-14(8-10-19)17(21)13-3-5-15(18)6-4-13/h3-6,14,17,21H,2,7-12H2,1H3. The van der Waals surface area contributed by atoms with Crippen molar-refractivity contribution in [1.82, 2.24) is 4.90 Å². The number of amides is 1. The van der Waals surface area contributed by atoms with Crippen LogP contribution in [0.4, 0.5) is 4.39 Å². The SMILES string of the molecule is CCCSCC(=O)N1CCC(C(O)c2ccc(F)cc2)CC1. The normalized spacial score (nSPS) is 17.5. The van der Waals surface area contributed by atoms with E-state index in [1.165, 1.54) is 12.1 Å². The van der Waals surface area contributed by atoms with Crippen LogP contribution in [-0.4, -0.2) is 40.5 Å². The highest BCUT2D eigenvalue weighted by Crippen LogP contribution is 2.31. The Kier molecular flexibility index (Phi) is 6.70. The van der Waals surface area contributed by atoms with Crippen molar-refractivity contribution in [2.45, 2.75) is 32.3 Å². The van der Waals surface area contributed by atoms with Gasteiger partial charge < -0.3 is 10.0 Å². The van der Waals surface area contributed by atoms with Crippen LogP contribution in [0.15, 0.2) is 24.3 Å². The minimum Gasteiger partial charge on any atom is -0.388 e. The number of aliphatic hydroxyl groups is 1. The van der Waals surface area contributed by atoms with Gasteiger partial charge in [0.15, 0.2) is 0 Å². The molecule has 1 amide bonds. The average molecular weight is 325 g/mol. The Hall–Kier alpha value is -1.07. The average Bonchev–Trinajstić information content (AvgIpc) is 2.55. The van der Waals surface area contributed by atoms with Gasteiger partial charge >= 0.3 is 0 Å². The number of aliphatic hydroxyl groups excluding tert-OH is 1. The molecule has 0 radical (unpaired) electrons. The molecule has 1 fully saturated rings. The number of thioether (sulfide) groups is 1. The first kappa shape index (κ1) is 17.3. The summed E-state index contributed by atoms with van der Waals surface area (Å²) in [6, 6.07) is 6.03. The van der Waals surface area contributed by atoms with Gasteiger partial charge in [0.05, 0.1) is 11.9 Å². The first-order valence-electron chi connectivity index (χ1n) is 7.91. The summed E-state index contributed by atoms with van der Waals surface area (Å²) in [7, 11) is 0. The van der Waals surface area contributed by atoms with Gasteiger partial charge in [-0.25, -0.2) is 4.39 Å². The van der Waals surface area contributed by atoms with Crippen LogP contribution in [0.25, 0.3) is 0 Å². The fourth-order valence-corrected chi connectivity index (χ4v) is 3.58. The number of hydrogen-bond acceptors (Lipinski definition) is 3. The molecule has 0 spiro atoms.